The van der Waals surface area contributed by atoms with Crippen LogP contribution in [0.25, 0.3) is 17.0 Å². The molecule has 0 aliphatic heterocycles. The number of rotatable bonds is 2. The highest BCUT2D eigenvalue weighted by Gasteiger charge is 2.16. The Morgan fingerprint density at radius 1 is 1.19 bits per heavy atom. The molecular formula is C20H18ClN5. The van der Waals surface area contributed by atoms with Gasteiger partial charge in [-0.1, -0.05) is 24.1 Å². The lowest BCUT2D eigenvalue weighted by Crippen LogP contribution is -2.00. The molecule has 0 amide bonds. The first-order valence-electron chi connectivity index (χ1n) is 7.96. The molecule has 3 heterocycles. The van der Waals surface area contributed by atoms with E-state index in [1.54, 1.807) is 12.4 Å². The third-order valence-corrected chi connectivity index (χ3v) is 4.42. The van der Waals surface area contributed by atoms with Gasteiger partial charge in [0.05, 0.1) is 11.4 Å². The molecule has 0 saturated heterocycles. The van der Waals surface area contributed by atoms with Gasteiger partial charge >= 0.3 is 0 Å². The average molecular weight is 364 g/mol. The van der Waals surface area contributed by atoms with Gasteiger partial charge < -0.3 is 10.3 Å². The lowest BCUT2D eigenvalue weighted by Gasteiger charge is -2.06. The van der Waals surface area contributed by atoms with Crippen molar-refractivity contribution in [3.05, 3.63) is 70.7 Å². The quantitative estimate of drug-likeness (QED) is 0.559. The largest absolute Gasteiger partial charge is 0.397 e. The van der Waals surface area contributed by atoms with Crippen LogP contribution in [-0.4, -0.2) is 19.5 Å². The van der Waals surface area contributed by atoms with Crippen LogP contribution < -0.4 is 5.73 Å². The van der Waals surface area contributed by atoms with E-state index in [1.165, 1.54) is 0 Å². The van der Waals surface area contributed by atoms with Gasteiger partial charge in [-0.2, -0.15) is 0 Å². The van der Waals surface area contributed by atoms with Crippen LogP contribution in [0.15, 0.2) is 37.2 Å². The summed E-state index contributed by atoms with van der Waals surface area (Å²) in [6.07, 6.45) is 3.43. The minimum absolute atomic E-state index is 0.382. The van der Waals surface area contributed by atoms with Gasteiger partial charge in [-0.15, -0.1) is 0 Å². The second-order valence-corrected chi connectivity index (χ2v) is 6.29. The van der Waals surface area contributed by atoms with Gasteiger partial charge in [0.15, 0.2) is 5.82 Å². The van der Waals surface area contributed by atoms with Gasteiger partial charge in [0.25, 0.3) is 0 Å². The molecule has 130 valence electrons. The van der Waals surface area contributed by atoms with Crippen LogP contribution in [0.2, 0.25) is 5.15 Å². The summed E-state index contributed by atoms with van der Waals surface area (Å²) in [6, 6.07) is 5.75. The maximum absolute atomic E-state index is 6.06. The van der Waals surface area contributed by atoms with E-state index in [4.69, 9.17) is 17.3 Å². The fourth-order valence-electron chi connectivity index (χ4n) is 2.54. The Bertz CT molecular complexity index is 1050. The molecule has 0 saturated carbocycles. The van der Waals surface area contributed by atoms with E-state index < -0.39 is 0 Å². The standard InChI is InChI=1S/C20H18ClN5/c1-12-5-6-16(11-24-12)19-18(14(3)22)25-17(26(19)4)8-7-15-9-10-23-20(21)13(15)2/h5-6,9-11H,3,22H2,1-2,4H3. The van der Waals surface area contributed by atoms with Crippen LogP contribution in [0.4, 0.5) is 0 Å². The highest BCUT2D eigenvalue weighted by Crippen LogP contribution is 2.26. The fourth-order valence-corrected chi connectivity index (χ4v) is 2.70. The topological polar surface area (TPSA) is 69.6 Å². The minimum Gasteiger partial charge on any atom is -0.397 e. The molecule has 0 unspecified atom stereocenters. The van der Waals surface area contributed by atoms with Gasteiger partial charge in [-0.3, -0.25) is 4.98 Å². The number of nitrogens with zero attached hydrogens (tertiary/aromatic N) is 4. The summed E-state index contributed by atoms with van der Waals surface area (Å²) in [5.41, 5.74) is 11.3. The molecule has 3 rings (SSSR count). The second kappa shape index (κ2) is 7.03. The van der Waals surface area contributed by atoms with Crippen molar-refractivity contribution >= 4 is 17.3 Å². The molecule has 0 fully saturated rings. The molecule has 0 aliphatic carbocycles. The lowest BCUT2D eigenvalue weighted by atomic mass is 10.1. The van der Waals surface area contributed by atoms with Crippen molar-refractivity contribution in [2.75, 3.05) is 0 Å². The zero-order valence-corrected chi connectivity index (χ0v) is 15.6. The Morgan fingerprint density at radius 3 is 2.62 bits per heavy atom. The molecule has 0 atom stereocenters. The van der Waals surface area contributed by atoms with E-state index in [9.17, 15) is 0 Å². The molecule has 6 heteroatoms. The van der Waals surface area contributed by atoms with Crippen molar-refractivity contribution in [3.8, 4) is 23.1 Å². The highest BCUT2D eigenvalue weighted by atomic mass is 35.5. The summed E-state index contributed by atoms with van der Waals surface area (Å²) in [4.78, 5) is 13.0. The molecule has 0 bridgehead atoms. The molecular weight excluding hydrogens is 346 g/mol. The molecule has 26 heavy (non-hydrogen) atoms. The van der Waals surface area contributed by atoms with E-state index in [2.05, 4.69) is 33.4 Å². The van der Waals surface area contributed by atoms with Crippen molar-refractivity contribution < 1.29 is 0 Å². The smallest absolute Gasteiger partial charge is 0.186 e. The molecule has 0 radical (unpaired) electrons. The van der Waals surface area contributed by atoms with Crippen LogP contribution in [-0.2, 0) is 7.05 Å². The Labute approximate surface area is 157 Å². The second-order valence-electron chi connectivity index (χ2n) is 5.93. The predicted molar refractivity (Wildman–Crippen MR) is 104 cm³/mol. The van der Waals surface area contributed by atoms with Crippen LogP contribution in [0.5, 0.6) is 0 Å². The number of aryl methyl sites for hydroxylation is 1. The van der Waals surface area contributed by atoms with E-state index in [0.717, 1.165) is 28.1 Å². The lowest BCUT2D eigenvalue weighted by molar-refractivity contribution is 0.900. The van der Waals surface area contributed by atoms with Crippen LogP contribution >= 0.6 is 11.6 Å². The van der Waals surface area contributed by atoms with Crippen molar-refractivity contribution in [1.82, 2.24) is 19.5 Å². The maximum Gasteiger partial charge on any atom is 0.186 e. The molecule has 2 N–H and O–H groups in total. The molecule has 0 spiro atoms. The Hall–Kier alpha value is -3.10. The summed E-state index contributed by atoms with van der Waals surface area (Å²) in [5, 5.41) is 0.444. The first kappa shape index (κ1) is 17.7. The molecule has 0 aromatic carbocycles. The molecule has 5 nitrogen and oxygen atoms in total. The van der Waals surface area contributed by atoms with E-state index in [1.807, 2.05) is 43.7 Å². The van der Waals surface area contributed by atoms with Crippen LogP contribution in [0, 0.1) is 25.7 Å². The van der Waals surface area contributed by atoms with Crippen molar-refractivity contribution in [1.29, 1.82) is 0 Å². The highest BCUT2D eigenvalue weighted by molar-refractivity contribution is 6.30. The van der Waals surface area contributed by atoms with Crippen molar-refractivity contribution in [3.63, 3.8) is 0 Å². The van der Waals surface area contributed by atoms with Gasteiger partial charge in [0, 0.05) is 41.8 Å². The fraction of sp³-hybridized carbons (Fsp3) is 0.150. The Kier molecular flexibility index (Phi) is 4.79. The zero-order chi connectivity index (χ0) is 18.8. The Balaban J connectivity index is 2.12. The third-order valence-electron chi connectivity index (χ3n) is 4.04. The van der Waals surface area contributed by atoms with Gasteiger partial charge in [0.1, 0.15) is 10.8 Å². The first-order valence-corrected chi connectivity index (χ1v) is 8.34. The number of imidazole rings is 1. The van der Waals surface area contributed by atoms with Gasteiger partial charge in [0.2, 0.25) is 0 Å². The number of pyridine rings is 2. The minimum atomic E-state index is 0.382. The number of halogens is 1. The molecule has 3 aromatic heterocycles. The summed E-state index contributed by atoms with van der Waals surface area (Å²) >= 11 is 6.06. The summed E-state index contributed by atoms with van der Waals surface area (Å²) in [5.74, 6) is 6.78. The normalized spacial score (nSPS) is 10.3. The van der Waals surface area contributed by atoms with E-state index in [0.29, 0.717) is 22.4 Å². The SMILES string of the molecule is C=C(N)c1nc(C#Cc2ccnc(Cl)c2C)n(C)c1-c1ccc(C)nc1. The number of hydrogen-bond acceptors (Lipinski definition) is 4. The predicted octanol–water partition coefficient (Wildman–Crippen LogP) is 3.48. The van der Waals surface area contributed by atoms with Crippen LogP contribution in [0.1, 0.15) is 28.3 Å². The summed E-state index contributed by atoms with van der Waals surface area (Å²) in [7, 11) is 1.89. The monoisotopic (exact) mass is 363 g/mol. The van der Waals surface area contributed by atoms with Gasteiger partial charge in [-0.05, 0) is 38.0 Å². The number of hydrogen-bond donors (Lipinski definition) is 1. The molecule has 0 aliphatic rings. The van der Waals surface area contributed by atoms with Crippen molar-refractivity contribution in [2.24, 2.45) is 12.8 Å². The van der Waals surface area contributed by atoms with Crippen LogP contribution in [0.3, 0.4) is 0 Å². The number of nitrogens with two attached hydrogens (primary N) is 1. The summed E-state index contributed by atoms with van der Waals surface area (Å²) in [6.45, 7) is 7.66. The summed E-state index contributed by atoms with van der Waals surface area (Å²) < 4.78 is 1.89. The first-order chi connectivity index (χ1) is 12.4. The van der Waals surface area contributed by atoms with Gasteiger partial charge in [-0.25, -0.2) is 9.97 Å². The zero-order valence-electron chi connectivity index (χ0n) is 14.8. The molecule has 3 aromatic rings. The maximum atomic E-state index is 6.06. The third kappa shape index (κ3) is 3.32. The number of aromatic nitrogens is 4. The average Bonchev–Trinajstić information content (AvgIpc) is 2.94. The van der Waals surface area contributed by atoms with E-state index >= 15 is 0 Å². The Morgan fingerprint density at radius 2 is 1.96 bits per heavy atom. The van der Waals surface area contributed by atoms with E-state index in [-0.39, 0.29) is 0 Å². The van der Waals surface area contributed by atoms with Crippen molar-refractivity contribution in [2.45, 2.75) is 13.8 Å².